The van der Waals surface area contributed by atoms with Gasteiger partial charge in [0.15, 0.2) is 0 Å². The average molecular weight is 553 g/mol. The Bertz CT molecular complexity index is 1020. The maximum atomic E-state index is 13.7. The molecule has 0 bridgehead atoms. The van der Waals surface area contributed by atoms with E-state index in [1.165, 1.54) is 31.2 Å². The minimum atomic E-state index is -5.08. The molecule has 216 valence electrons. The fraction of sp³-hybridized carbons (Fsp3) is 0.714. The number of piperidine rings is 1. The van der Waals surface area contributed by atoms with Gasteiger partial charge in [-0.2, -0.15) is 13.2 Å². The summed E-state index contributed by atoms with van der Waals surface area (Å²) in [5, 5.41) is 7.12. The third-order valence-corrected chi connectivity index (χ3v) is 9.30. The second-order valence-electron chi connectivity index (χ2n) is 11.5. The van der Waals surface area contributed by atoms with Crippen LogP contribution in [0, 0.1) is 16.7 Å². The number of halogens is 3. The zero-order valence-electron chi connectivity index (χ0n) is 22.6. The molecule has 1 unspecified atom stereocenters. The molecule has 1 atom stereocenters. The van der Waals surface area contributed by atoms with Crippen LogP contribution in [0.5, 0.6) is 0 Å². The van der Waals surface area contributed by atoms with Crippen LogP contribution in [-0.4, -0.2) is 88.0 Å². The maximum Gasteiger partial charge on any atom is 0.490 e. The molecule has 1 aliphatic carbocycles. The van der Waals surface area contributed by atoms with Crippen LogP contribution in [0.25, 0.3) is 0 Å². The Labute approximate surface area is 227 Å². The first-order chi connectivity index (χ1) is 18.5. The molecule has 2 spiro atoms. The number of aromatic nitrogens is 1. The largest absolute Gasteiger partial charge is 0.490 e. The number of alkyl halides is 3. The Morgan fingerprint density at radius 2 is 1.77 bits per heavy atom. The van der Waals surface area contributed by atoms with E-state index in [1.54, 1.807) is 0 Å². The van der Waals surface area contributed by atoms with Crippen molar-refractivity contribution in [1.82, 2.24) is 19.7 Å². The van der Waals surface area contributed by atoms with E-state index in [0.29, 0.717) is 17.7 Å². The minimum absolute atomic E-state index is 0.0135. The molecule has 11 heteroatoms. The van der Waals surface area contributed by atoms with E-state index in [9.17, 15) is 22.8 Å². The lowest BCUT2D eigenvalue weighted by molar-refractivity contribution is -0.192. The van der Waals surface area contributed by atoms with Crippen molar-refractivity contribution < 1.29 is 32.7 Å². The molecule has 3 saturated heterocycles. The molecule has 4 aliphatic rings. The van der Waals surface area contributed by atoms with Crippen LogP contribution in [-0.2, 0) is 20.9 Å². The highest BCUT2D eigenvalue weighted by atomic mass is 19.4. The summed E-state index contributed by atoms with van der Waals surface area (Å²) < 4.78 is 31.7. The highest BCUT2D eigenvalue weighted by Crippen LogP contribution is 2.58. The number of likely N-dealkylation sites (tertiary alicyclic amines) is 3. The summed E-state index contributed by atoms with van der Waals surface area (Å²) in [4.78, 5) is 46.5. The molecule has 4 heterocycles. The van der Waals surface area contributed by atoms with E-state index in [2.05, 4.69) is 32.7 Å². The SMILES string of the molecule is CCN1CCC2(CN(Cc3cccnc3)CC23CCN(C(=O)CC2CCCC2)CC3)C1=O.O=C(O)C(F)(F)F. The van der Waals surface area contributed by atoms with Crippen LogP contribution in [0.4, 0.5) is 13.2 Å². The van der Waals surface area contributed by atoms with E-state index in [1.807, 2.05) is 18.5 Å². The topological polar surface area (TPSA) is 94.0 Å². The number of nitrogens with zero attached hydrogens (tertiary/aromatic N) is 4. The van der Waals surface area contributed by atoms with Crippen molar-refractivity contribution in [1.29, 1.82) is 0 Å². The van der Waals surface area contributed by atoms with E-state index in [-0.39, 0.29) is 10.8 Å². The molecule has 5 rings (SSSR count). The minimum Gasteiger partial charge on any atom is -0.475 e. The Kier molecular flexibility index (Phi) is 8.88. The predicted octanol–water partition coefficient (Wildman–Crippen LogP) is 3.96. The predicted molar refractivity (Wildman–Crippen MR) is 137 cm³/mol. The van der Waals surface area contributed by atoms with Gasteiger partial charge in [-0.1, -0.05) is 18.9 Å². The van der Waals surface area contributed by atoms with Gasteiger partial charge in [-0.3, -0.25) is 19.5 Å². The lowest BCUT2D eigenvalue weighted by Gasteiger charge is -2.47. The molecule has 0 aromatic carbocycles. The van der Waals surface area contributed by atoms with Gasteiger partial charge in [-0.15, -0.1) is 0 Å². The van der Waals surface area contributed by atoms with Crippen LogP contribution < -0.4 is 0 Å². The summed E-state index contributed by atoms with van der Waals surface area (Å²) in [5.41, 5.74) is 0.910. The van der Waals surface area contributed by atoms with Gasteiger partial charge in [-0.05, 0) is 56.6 Å². The van der Waals surface area contributed by atoms with Crippen LogP contribution >= 0.6 is 0 Å². The lowest BCUT2D eigenvalue weighted by atomic mass is 9.60. The highest BCUT2D eigenvalue weighted by molar-refractivity contribution is 5.87. The van der Waals surface area contributed by atoms with Crippen molar-refractivity contribution in [2.45, 2.75) is 71.0 Å². The summed E-state index contributed by atoms with van der Waals surface area (Å²) >= 11 is 0. The third-order valence-electron chi connectivity index (χ3n) is 9.30. The first-order valence-corrected chi connectivity index (χ1v) is 14.0. The fourth-order valence-corrected chi connectivity index (χ4v) is 7.24. The Hall–Kier alpha value is -2.69. The lowest BCUT2D eigenvalue weighted by Crippen LogP contribution is -2.53. The molecule has 1 aromatic rings. The molecule has 1 aromatic heterocycles. The maximum absolute atomic E-state index is 13.7. The third kappa shape index (κ3) is 6.23. The van der Waals surface area contributed by atoms with E-state index in [4.69, 9.17) is 9.90 Å². The van der Waals surface area contributed by atoms with E-state index in [0.717, 1.165) is 71.5 Å². The van der Waals surface area contributed by atoms with Crippen molar-refractivity contribution >= 4 is 17.8 Å². The van der Waals surface area contributed by atoms with E-state index >= 15 is 0 Å². The van der Waals surface area contributed by atoms with Gasteiger partial charge in [-0.25, -0.2) is 4.79 Å². The smallest absolute Gasteiger partial charge is 0.475 e. The molecule has 2 amide bonds. The second kappa shape index (κ2) is 11.8. The number of amides is 2. The molecule has 39 heavy (non-hydrogen) atoms. The van der Waals surface area contributed by atoms with Gasteiger partial charge in [0.05, 0.1) is 5.41 Å². The number of hydrogen-bond donors (Lipinski definition) is 1. The number of aliphatic carboxylic acids is 1. The monoisotopic (exact) mass is 552 g/mol. The van der Waals surface area contributed by atoms with Gasteiger partial charge in [0.2, 0.25) is 11.8 Å². The normalized spacial score (nSPS) is 25.4. The number of pyridine rings is 1. The first kappa shape index (κ1) is 29.3. The van der Waals surface area contributed by atoms with Crippen LogP contribution in [0.2, 0.25) is 0 Å². The molecule has 1 saturated carbocycles. The zero-order valence-corrected chi connectivity index (χ0v) is 22.6. The molecule has 0 radical (unpaired) electrons. The highest BCUT2D eigenvalue weighted by Gasteiger charge is 2.64. The van der Waals surface area contributed by atoms with Crippen LogP contribution in [0.3, 0.4) is 0 Å². The number of fused-ring (bicyclic) bond motifs is 1. The Balaban J connectivity index is 0.000000448. The van der Waals surface area contributed by atoms with Gasteiger partial charge >= 0.3 is 12.1 Å². The average Bonchev–Trinajstić information content (AvgIpc) is 3.60. The van der Waals surface area contributed by atoms with Gasteiger partial charge in [0.25, 0.3) is 0 Å². The summed E-state index contributed by atoms with van der Waals surface area (Å²) in [5.74, 6) is -1.45. The second-order valence-corrected chi connectivity index (χ2v) is 11.5. The molecule has 8 nitrogen and oxygen atoms in total. The number of carboxylic acid groups (broad SMARTS) is 1. The zero-order chi connectivity index (χ0) is 28.3. The molecular formula is C28H39F3N4O4. The molecule has 3 aliphatic heterocycles. The van der Waals surface area contributed by atoms with E-state index < -0.39 is 12.1 Å². The van der Waals surface area contributed by atoms with Crippen molar-refractivity contribution in [3.05, 3.63) is 30.1 Å². The molecule has 1 N–H and O–H groups in total. The summed E-state index contributed by atoms with van der Waals surface area (Å²) in [6, 6.07) is 4.12. The van der Waals surface area contributed by atoms with Gasteiger partial charge in [0.1, 0.15) is 0 Å². The Morgan fingerprint density at radius 1 is 1.10 bits per heavy atom. The number of hydrogen-bond acceptors (Lipinski definition) is 5. The molecular weight excluding hydrogens is 513 g/mol. The van der Waals surface area contributed by atoms with Crippen molar-refractivity contribution in [2.24, 2.45) is 16.7 Å². The summed E-state index contributed by atoms with van der Waals surface area (Å²) in [6.45, 7) is 8.04. The van der Waals surface area contributed by atoms with Gasteiger partial charge < -0.3 is 14.9 Å². The van der Waals surface area contributed by atoms with Crippen LogP contribution in [0.15, 0.2) is 24.5 Å². The summed E-state index contributed by atoms with van der Waals surface area (Å²) in [6.07, 6.45) is 7.28. The van der Waals surface area contributed by atoms with Crippen LogP contribution in [0.1, 0.15) is 63.9 Å². The van der Waals surface area contributed by atoms with Crippen molar-refractivity contribution in [3.8, 4) is 0 Å². The number of rotatable bonds is 5. The number of carbonyl (C=O) groups excluding carboxylic acids is 2. The fourth-order valence-electron chi connectivity index (χ4n) is 7.24. The van der Waals surface area contributed by atoms with Gasteiger partial charge in [0, 0.05) is 70.0 Å². The number of carboxylic acids is 1. The number of carbonyl (C=O) groups is 3. The molecule has 4 fully saturated rings. The Morgan fingerprint density at radius 3 is 2.31 bits per heavy atom. The standard InChI is InChI=1S/C26H38N4O2.C2HF3O2/c1-2-29-15-11-26(24(29)32)20-28(18-22-8-5-12-27-17-22)19-25(26)9-13-30(14-10-25)23(31)16-21-6-3-4-7-21;3-2(4,5)1(6)7/h5,8,12,17,21H,2-4,6-7,9-11,13-16,18-20H2,1H3;(H,6,7). The quantitative estimate of drug-likeness (QED) is 0.595. The van der Waals surface area contributed by atoms with Crippen molar-refractivity contribution in [2.75, 3.05) is 39.3 Å². The van der Waals surface area contributed by atoms with Crippen molar-refractivity contribution in [3.63, 3.8) is 0 Å². The first-order valence-electron chi connectivity index (χ1n) is 14.0. The summed E-state index contributed by atoms with van der Waals surface area (Å²) in [7, 11) is 0.